The number of carbonyl (C=O) groups is 1. The number of aryl methyl sites for hydroxylation is 2. The first kappa shape index (κ1) is 18.4. The second-order valence-electron chi connectivity index (χ2n) is 7.14. The largest absolute Gasteiger partial charge is 0.456 e. The summed E-state index contributed by atoms with van der Waals surface area (Å²) in [5.41, 5.74) is 3.87. The molecule has 0 saturated carbocycles. The van der Waals surface area contributed by atoms with Gasteiger partial charge in [-0.15, -0.1) is 0 Å². The zero-order valence-electron chi connectivity index (χ0n) is 16.4. The number of nitrogens with zero attached hydrogens (tertiary/aromatic N) is 2. The summed E-state index contributed by atoms with van der Waals surface area (Å²) in [5, 5.41) is 4.13. The van der Waals surface area contributed by atoms with Crippen LogP contribution in [0.1, 0.15) is 28.4 Å². The predicted molar refractivity (Wildman–Crippen MR) is 111 cm³/mol. The highest BCUT2D eigenvalue weighted by Crippen LogP contribution is 2.32. The van der Waals surface area contributed by atoms with Crippen molar-refractivity contribution in [3.8, 4) is 11.5 Å². The number of carbonyl (C=O) groups excluding carboxylic acids is 1. The molecule has 0 atom stereocenters. The molecule has 1 fully saturated rings. The molecule has 0 spiro atoms. The van der Waals surface area contributed by atoms with Crippen LogP contribution in [0.15, 0.2) is 48.7 Å². The molecule has 2 aromatic carbocycles. The van der Waals surface area contributed by atoms with E-state index in [0.29, 0.717) is 11.3 Å². The Labute approximate surface area is 165 Å². The quantitative estimate of drug-likeness (QED) is 0.750. The van der Waals surface area contributed by atoms with Gasteiger partial charge in [-0.05, 0) is 54.8 Å². The number of nitrogens with one attached hydrogen (secondary N) is 1. The minimum Gasteiger partial charge on any atom is -0.456 e. The minimum absolute atomic E-state index is 0.0571. The van der Waals surface area contributed by atoms with E-state index in [0.717, 1.165) is 54.8 Å². The fourth-order valence-corrected chi connectivity index (χ4v) is 3.56. The Kier molecular flexibility index (Phi) is 5.26. The first-order valence-corrected chi connectivity index (χ1v) is 9.82. The Balaban J connectivity index is 1.68. The number of piperazine rings is 1. The third-order valence-electron chi connectivity index (χ3n) is 5.22. The fourth-order valence-electron chi connectivity index (χ4n) is 3.56. The molecule has 1 N–H and O–H groups in total. The lowest BCUT2D eigenvalue weighted by Crippen LogP contribution is -2.46. The van der Waals surface area contributed by atoms with Gasteiger partial charge in [0.25, 0.3) is 5.91 Å². The van der Waals surface area contributed by atoms with E-state index in [1.807, 2.05) is 35.2 Å². The third kappa shape index (κ3) is 3.71. The number of hydrogen-bond acceptors (Lipinski definition) is 4. The maximum absolute atomic E-state index is 12.9. The number of rotatable bonds is 4. The van der Waals surface area contributed by atoms with E-state index in [9.17, 15) is 4.79 Å². The monoisotopic (exact) mass is 375 g/mol. The summed E-state index contributed by atoms with van der Waals surface area (Å²) in [7, 11) is 0. The molecular formula is C23H25N3O2. The second kappa shape index (κ2) is 7.98. The topological polar surface area (TPSA) is 54.5 Å². The standard InChI is InChI=1S/C23H25N3O2/c1-3-17-4-7-21(16(2)14-17)28-22-8-9-25-20-6-5-18(15-19(20)22)23(27)26-12-10-24-11-13-26/h4-9,14-15,24H,3,10-13H2,1-2H3. The van der Waals surface area contributed by atoms with Gasteiger partial charge >= 0.3 is 0 Å². The normalized spacial score (nSPS) is 14.3. The fraction of sp³-hybridized carbons (Fsp3) is 0.304. The lowest BCUT2D eigenvalue weighted by atomic mass is 10.1. The van der Waals surface area contributed by atoms with E-state index in [2.05, 4.69) is 36.3 Å². The van der Waals surface area contributed by atoms with Gasteiger partial charge in [0.2, 0.25) is 0 Å². The van der Waals surface area contributed by atoms with Gasteiger partial charge in [0.1, 0.15) is 11.5 Å². The van der Waals surface area contributed by atoms with Crippen molar-refractivity contribution in [3.63, 3.8) is 0 Å². The molecule has 1 aromatic heterocycles. The van der Waals surface area contributed by atoms with Gasteiger partial charge in [-0.3, -0.25) is 9.78 Å². The Hall–Kier alpha value is -2.92. The van der Waals surface area contributed by atoms with Crippen LogP contribution in [0.4, 0.5) is 0 Å². The van der Waals surface area contributed by atoms with Crippen LogP contribution in [0.3, 0.4) is 0 Å². The van der Waals surface area contributed by atoms with Crippen LogP contribution in [-0.2, 0) is 6.42 Å². The summed E-state index contributed by atoms with van der Waals surface area (Å²) in [5.74, 6) is 1.59. The van der Waals surface area contributed by atoms with Crippen molar-refractivity contribution in [1.82, 2.24) is 15.2 Å². The van der Waals surface area contributed by atoms with Crippen LogP contribution in [0.5, 0.6) is 11.5 Å². The van der Waals surface area contributed by atoms with Crippen molar-refractivity contribution in [3.05, 3.63) is 65.4 Å². The van der Waals surface area contributed by atoms with Gasteiger partial charge in [0.05, 0.1) is 5.52 Å². The van der Waals surface area contributed by atoms with Crippen LogP contribution >= 0.6 is 0 Å². The lowest BCUT2D eigenvalue weighted by molar-refractivity contribution is 0.0736. The first-order valence-electron chi connectivity index (χ1n) is 9.82. The Morgan fingerprint density at radius 3 is 2.68 bits per heavy atom. The second-order valence-corrected chi connectivity index (χ2v) is 7.14. The number of aromatic nitrogens is 1. The number of amides is 1. The maximum atomic E-state index is 12.9. The molecule has 5 nitrogen and oxygen atoms in total. The number of fused-ring (bicyclic) bond motifs is 1. The molecule has 144 valence electrons. The average Bonchev–Trinajstić information content (AvgIpc) is 2.75. The number of benzene rings is 2. The summed E-state index contributed by atoms with van der Waals surface area (Å²) in [6.07, 6.45) is 2.74. The van der Waals surface area contributed by atoms with Gasteiger partial charge in [0, 0.05) is 43.3 Å². The Bertz CT molecular complexity index is 1010. The molecule has 0 bridgehead atoms. The summed E-state index contributed by atoms with van der Waals surface area (Å²) in [6.45, 7) is 7.33. The molecule has 3 aromatic rings. The molecule has 1 saturated heterocycles. The van der Waals surface area contributed by atoms with Crippen molar-refractivity contribution < 1.29 is 9.53 Å². The smallest absolute Gasteiger partial charge is 0.253 e. The predicted octanol–water partition coefficient (Wildman–Crippen LogP) is 3.94. The van der Waals surface area contributed by atoms with Crippen LogP contribution < -0.4 is 10.1 Å². The Morgan fingerprint density at radius 1 is 1.11 bits per heavy atom. The molecule has 2 heterocycles. The summed E-state index contributed by atoms with van der Waals surface area (Å²) in [6, 6.07) is 13.8. The van der Waals surface area contributed by atoms with Crippen molar-refractivity contribution in [2.45, 2.75) is 20.3 Å². The van der Waals surface area contributed by atoms with Crippen molar-refractivity contribution in [2.24, 2.45) is 0 Å². The van der Waals surface area contributed by atoms with Crippen molar-refractivity contribution in [1.29, 1.82) is 0 Å². The highest BCUT2D eigenvalue weighted by Gasteiger charge is 2.19. The zero-order valence-corrected chi connectivity index (χ0v) is 16.4. The molecular weight excluding hydrogens is 350 g/mol. The average molecular weight is 375 g/mol. The van der Waals surface area contributed by atoms with E-state index in [4.69, 9.17) is 4.74 Å². The Morgan fingerprint density at radius 2 is 1.93 bits per heavy atom. The van der Waals surface area contributed by atoms with Crippen molar-refractivity contribution in [2.75, 3.05) is 26.2 Å². The van der Waals surface area contributed by atoms with E-state index >= 15 is 0 Å². The van der Waals surface area contributed by atoms with Crippen molar-refractivity contribution >= 4 is 16.8 Å². The maximum Gasteiger partial charge on any atom is 0.253 e. The first-order chi connectivity index (χ1) is 13.7. The van der Waals surface area contributed by atoms with E-state index in [-0.39, 0.29) is 5.91 Å². The highest BCUT2D eigenvalue weighted by atomic mass is 16.5. The summed E-state index contributed by atoms with van der Waals surface area (Å²) < 4.78 is 6.23. The highest BCUT2D eigenvalue weighted by molar-refractivity contribution is 5.99. The molecule has 1 aliphatic rings. The van der Waals surface area contributed by atoms with Gasteiger partial charge < -0.3 is 15.0 Å². The van der Waals surface area contributed by atoms with Crippen LogP contribution in [0.2, 0.25) is 0 Å². The van der Waals surface area contributed by atoms with Crippen LogP contribution in [0.25, 0.3) is 10.9 Å². The lowest BCUT2D eigenvalue weighted by Gasteiger charge is -2.27. The molecule has 0 aliphatic carbocycles. The van der Waals surface area contributed by atoms with Gasteiger partial charge in [0.15, 0.2) is 0 Å². The van der Waals surface area contributed by atoms with E-state index in [1.54, 1.807) is 6.20 Å². The molecule has 5 heteroatoms. The zero-order chi connectivity index (χ0) is 19.5. The van der Waals surface area contributed by atoms with E-state index < -0.39 is 0 Å². The van der Waals surface area contributed by atoms with Gasteiger partial charge in [-0.2, -0.15) is 0 Å². The van der Waals surface area contributed by atoms with Gasteiger partial charge in [-0.25, -0.2) is 0 Å². The molecule has 4 rings (SSSR count). The SMILES string of the molecule is CCc1ccc(Oc2ccnc3ccc(C(=O)N4CCNCC4)cc23)c(C)c1. The summed E-state index contributed by atoms with van der Waals surface area (Å²) in [4.78, 5) is 19.2. The van der Waals surface area contributed by atoms with Crippen LogP contribution in [-0.4, -0.2) is 42.0 Å². The van der Waals surface area contributed by atoms with Gasteiger partial charge in [-0.1, -0.05) is 19.1 Å². The minimum atomic E-state index is 0.0571. The number of pyridine rings is 1. The van der Waals surface area contributed by atoms with Crippen LogP contribution in [0, 0.1) is 6.92 Å². The summed E-state index contributed by atoms with van der Waals surface area (Å²) >= 11 is 0. The number of ether oxygens (including phenoxy) is 1. The van der Waals surface area contributed by atoms with E-state index in [1.165, 1.54) is 5.56 Å². The molecule has 0 unspecified atom stereocenters. The molecule has 1 aliphatic heterocycles. The molecule has 0 radical (unpaired) electrons. The molecule has 28 heavy (non-hydrogen) atoms. The molecule has 1 amide bonds. The number of hydrogen-bond donors (Lipinski definition) is 1. The third-order valence-corrected chi connectivity index (χ3v) is 5.22.